The van der Waals surface area contributed by atoms with Crippen LogP contribution in [0.2, 0.25) is 0 Å². The minimum absolute atomic E-state index is 0.0637. The van der Waals surface area contributed by atoms with Crippen molar-refractivity contribution in [3.05, 3.63) is 35.9 Å². The fourth-order valence-electron chi connectivity index (χ4n) is 1.48. The van der Waals surface area contributed by atoms with Crippen LogP contribution >= 0.6 is 0 Å². The van der Waals surface area contributed by atoms with E-state index in [2.05, 4.69) is 0 Å². The highest BCUT2D eigenvalue weighted by Crippen LogP contribution is 2.10. The van der Waals surface area contributed by atoms with E-state index in [1.165, 1.54) is 0 Å². The molecule has 4 heteroatoms. The van der Waals surface area contributed by atoms with Crippen LogP contribution in [0, 0.1) is 0 Å². The maximum absolute atomic E-state index is 12.0. The zero-order valence-corrected chi connectivity index (χ0v) is 9.43. The van der Waals surface area contributed by atoms with Gasteiger partial charge in [-0.05, 0) is 18.3 Å². The van der Waals surface area contributed by atoms with E-state index in [0.717, 1.165) is 10.5 Å². The van der Waals surface area contributed by atoms with Gasteiger partial charge in [-0.15, -0.1) is 0 Å². The smallest absolute Gasteiger partial charge is 0.410 e. The van der Waals surface area contributed by atoms with Crippen LogP contribution < -0.4 is 5.73 Å². The van der Waals surface area contributed by atoms with Gasteiger partial charge in [0.1, 0.15) is 6.61 Å². The van der Waals surface area contributed by atoms with Crippen LogP contribution in [0.1, 0.15) is 23.8 Å². The highest BCUT2D eigenvalue weighted by molar-refractivity contribution is 5.67. The van der Waals surface area contributed by atoms with Crippen molar-refractivity contribution in [2.75, 3.05) is 13.1 Å². The molecular weight excluding hydrogens is 216 g/mol. The maximum Gasteiger partial charge on any atom is 0.410 e. The zero-order valence-electron chi connectivity index (χ0n) is 13.4. The molecule has 0 unspecified atom stereocenters. The third-order valence-corrected chi connectivity index (χ3v) is 2.47. The predicted octanol–water partition coefficient (Wildman–Crippen LogP) is 1.75. The van der Waals surface area contributed by atoms with E-state index in [0.29, 0.717) is 0 Å². The van der Waals surface area contributed by atoms with Crippen LogP contribution in [0.3, 0.4) is 0 Å². The first-order chi connectivity index (χ1) is 9.72. The maximum atomic E-state index is 12.0. The first-order valence-electron chi connectivity index (χ1n) is 7.44. The Bertz CT molecular complexity index is 492. The van der Waals surface area contributed by atoms with Crippen LogP contribution in [-0.2, 0) is 11.3 Å². The van der Waals surface area contributed by atoms with Gasteiger partial charge in [0.25, 0.3) is 0 Å². The lowest BCUT2D eigenvalue weighted by Gasteiger charge is -2.29. The number of hydrogen-bond donors (Lipinski definition) is 1. The number of ether oxygens (including phenoxy) is 1. The molecule has 0 saturated carbocycles. The Balaban J connectivity index is 1.99. The molecule has 0 atom stereocenters. The van der Waals surface area contributed by atoms with E-state index in [9.17, 15) is 4.79 Å². The lowest BCUT2D eigenvalue weighted by molar-refractivity contribution is 0.0873. The largest absolute Gasteiger partial charge is 0.445 e. The summed E-state index contributed by atoms with van der Waals surface area (Å²) in [5.41, 5.74) is 6.40. The molecule has 1 aromatic rings. The summed E-state index contributed by atoms with van der Waals surface area (Å²) in [6.07, 6.45) is -4.72. The molecule has 4 nitrogen and oxygen atoms in total. The molecule has 1 saturated heterocycles. The SMILES string of the molecule is [2H]C1([2H])CN(C(=O)OCc2ccccc2)CC([2H])([2H])C1N. The molecule has 0 aromatic heterocycles. The van der Waals surface area contributed by atoms with Gasteiger partial charge in [-0.1, -0.05) is 30.3 Å². The lowest BCUT2D eigenvalue weighted by Crippen LogP contribution is -2.43. The average molecular weight is 238 g/mol. The number of likely N-dealkylation sites (tertiary alicyclic amines) is 1. The minimum Gasteiger partial charge on any atom is -0.445 e. The molecule has 0 aliphatic carbocycles. The minimum atomic E-state index is -1.99. The van der Waals surface area contributed by atoms with Gasteiger partial charge in [-0.2, -0.15) is 0 Å². The summed E-state index contributed by atoms with van der Waals surface area (Å²) < 4.78 is 36.1. The van der Waals surface area contributed by atoms with Crippen molar-refractivity contribution in [1.82, 2.24) is 4.90 Å². The molecular formula is C13H18N2O2. The predicted molar refractivity (Wildman–Crippen MR) is 65.4 cm³/mol. The molecule has 1 aromatic carbocycles. The summed E-state index contributed by atoms with van der Waals surface area (Å²) in [5.74, 6) is 0. The average Bonchev–Trinajstić information content (AvgIpc) is 2.42. The Kier molecular flexibility index (Phi) is 2.58. The summed E-state index contributed by atoms with van der Waals surface area (Å²) in [6, 6.07) is 7.82. The highest BCUT2D eigenvalue weighted by atomic mass is 16.6. The van der Waals surface area contributed by atoms with E-state index < -0.39 is 24.9 Å². The van der Waals surface area contributed by atoms with Gasteiger partial charge in [-0.25, -0.2) is 4.79 Å². The first kappa shape index (κ1) is 7.71. The third-order valence-electron chi connectivity index (χ3n) is 2.47. The van der Waals surface area contributed by atoms with E-state index >= 15 is 0 Å². The summed E-state index contributed by atoms with van der Waals surface area (Å²) in [4.78, 5) is 13.0. The Labute approximate surface area is 107 Å². The number of hydrogen-bond acceptors (Lipinski definition) is 3. The monoisotopic (exact) mass is 238 g/mol. The van der Waals surface area contributed by atoms with Gasteiger partial charge in [0.15, 0.2) is 0 Å². The standard InChI is InChI=1S/C13H18N2O2/c14-12-6-8-15(9-7-12)13(16)17-10-11-4-2-1-3-5-11/h1-5,12H,6-10,14H2/i6D2,7D2. The molecule has 0 spiro atoms. The topological polar surface area (TPSA) is 55.6 Å². The molecule has 1 aliphatic rings. The summed E-state index contributed by atoms with van der Waals surface area (Å²) in [5, 5.41) is 0. The molecule has 92 valence electrons. The molecule has 1 fully saturated rings. The van der Waals surface area contributed by atoms with E-state index in [4.69, 9.17) is 16.0 Å². The molecule has 2 rings (SSSR count). The number of nitrogens with zero attached hydrogens (tertiary/aromatic N) is 1. The lowest BCUT2D eigenvalue weighted by atomic mass is 10.1. The summed E-state index contributed by atoms with van der Waals surface area (Å²) >= 11 is 0. The van der Waals surface area contributed by atoms with E-state index in [-0.39, 0.29) is 19.7 Å². The van der Waals surface area contributed by atoms with Crippen LogP contribution in [0.5, 0.6) is 0 Å². The van der Waals surface area contributed by atoms with E-state index in [1.807, 2.05) is 18.2 Å². The van der Waals surface area contributed by atoms with Crippen molar-refractivity contribution in [3.8, 4) is 0 Å². The van der Waals surface area contributed by atoms with Crippen LogP contribution in [0.25, 0.3) is 0 Å². The molecule has 1 aliphatic heterocycles. The number of rotatable bonds is 2. The van der Waals surface area contributed by atoms with Crippen molar-refractivity contribution < 1.29 is 15.0 Å². The second-order valence-electron chi connectivity index (χ2n) is 3.78. The third kappa shape index (κ3) is 3.46. The number of carbonyl (C=O) groups is 1. The van der Waals surface area contributed by atoms with Crippen molar-refractivity contribution in [2.24, 2.45) is 5.73 Å². The quantitative estimate of drug-likeness (QED) is 0.854. The fourth-order valence-corrected chi connectivity index (χ4v) is 1.48. The zero-order chi connectivity index (χ0) is 15.7. The van der Waals surface area contributed by atoms with E-state index in [1.54, 1.807) is 12.1 Å². The molecule has 0 radical (unpaired) electrons. The van der Waals surface area contributed by atoms with Crippen molar-refractivity contribution in [2.45, 2.75) is 25.4 Å². The summed E-state index contributed by atoms with van der Waals surface area (Å²) in [7, 11) is 0. The van der Waals surface area contributed by atoms with Crippen LogP contribution in [0.4, 0.5) is 4.79 Å². The van der Waals surface area contributed by atoms with Crippen molar-refractivity contribution in [3.63, 3.8) is 0 Å². The molecule has 2 N–H and O–H groups in total. The van der Waals surface area contributed by atoms with Gasteiger partial charge in [0.2, 0.25) is 0 Å². The van der Waals surface area contributed by atoms with Crippen LogP contribution in [0.15, 0.2) is 30.3 Å². The number of nitrogens with two attached hydrogens (primary N) is 1. The number of piperidine rings is 1. The second kappa shape index (κ2) is 5.68. The Morgan fingerprint density at radius 2 is 2.06 bits per heavy atom. The molecule has 0 bridgehead atoms. The van der Waals surface area contributed by atoms with Gasteiger partial charge < -0.3 is 15.4 Å². The second-order valence-corrected chi connectivity index (χ2v) is 3.78. The van der Waals surface area contributed by atoms with Gasteiger partial charge in [-0.3, -0.25) is 0 Å². The van der Waals surface area contributed by atoms with Crippen LogP contribution in [-0.4, -0.2) is 30.1 Å². The normalized spacial score (nSPS) is 26.3. The fraction of sp³-hybridized carbons (Fsp3) is 0.462. The van der Waals surface area contributed by atoms with Gasteiger partial charge in [0, 0.05) is 24.6 Å². The van der Waals surface area contributed by atoms with Gasteiger partial charge in [0.05, 0.1) is 0 Å². The Morgan fingerprint density at radius 3 is 2.71 bits per heavy atom. The molecule has 17 heavy (non-hydrogen) atoms. The first-order valence-corrected chi connectivity index (χ1v) is 5.44. The number of amides is 1. The van der Waals surface area contributed by atoms with Crippen molar-refractivity contribution in [1.29, 1.82) is 0 Å². The van der Waals surface area contributed by atoms with Crippen molar-refractivity contribution >= 4 is 6.09 Å². The Hall–Kier alpha value is -1.55. The Morgan fingerprint density at radius 1 is 1.41 bits per heavy atom. The number of carbonyl (C=O) groups excluding carboxylic acids is 1. The molecule has 1 heterocycles. The number of benzene rings is 1. The van der Waals surface area contributed by atoms with Gasteiger partial charge >= 0.3 is 6.09 Å². The highest BCUT2D eigenvalue weighted by Gasteiger charge is 2.21. The summed E-state index contributed by atoms with van der Waals surface area (Å²) in [6.45, 7) is -0.489. The molecule has 1 amide bonds.